The summed E-state index contributed by atoms with van der Waals surface area (Å²) in [4.78, 5) is 22.6. The van der Waals surface area contributed by atoms with Gasteiger partial charge in [-0.15, -0.1) is 0 Å². The molecule has 0 radical (unpaired) electrons. The van der Waals surface area contributed by atoms with Crippen LogP contribution in [0, 0.1) is 13.8 Å². The topological polar surface area (TPSA) is 121 Å². The number of aromatic carboxylic acids is 2. The molecule has 0 atom stereocenters. The number of carboxylic acids is 2. The Morgan fingerprint density at radius 1 is 0.590 bits per heavy atom. The van der Waals surface area contributed by atoms with E-state index in [-0.39, 0.29) is 42.1 Å². The maximum atomic E-state index is 12.2. The molecular weight excluding hydrogens is 546 g/mol. The summed E-state index contributed by atoms with van der Waals surface area (Å²) < 4.78 is 0. The van der Waals surface area contributed by atoms with Crippen molar-refractivity contribution in [2.24, 2.45) is 0 Å². The molecule has 2 aromatic rings. The normalized spacial score (nSPS) is 10.4. The van der Waals surface area contributed by atoms with Crippen molar-refractivity contribution in [1.29, 1.82) is 0 Å². The van der Waals surface area contributed by atoms with Gasteiger partial charge in [0.2, 0.25) is 0 Å². The van der Waals surface area contributed by atoms with E-state index in [1.807, 2.05) is 12.1 Å². The number of unbranched alkanes of at least 4 members (excludes halogenated alkanes) is 4. The maximum Gasteiger partial charge on any atom is 2.00 e. The summed E-state index contributed by atoms with van der Waals surface area (Å²) in [6.07, 6.45) is 11.1. The van der Waals surface area contributed by atoms with Crippen LogP contribution in [0.3, 0.4) is 0 Å². The summed E-state index contributed by atoms with van der Waals surface area (Å²) >= 11 is 0. The Bertz CT molecular complexity index is 927. The third kappa shape index (κ3) is 10.6. The average Bonchev–Trinajstić information content (AvgIpc) is 2.86. The van der Waals surface area contributed by atoms with E-state index in [4.69, 9.17) is 0 Å². The molecule has 0 spiro atoms. The number of rotatable bonds is 14. The monoisotopic (exact) mass is 590 g/mol. The molecule has 39 heavy (non-hydrogen) atoms. The molecule has 2 N–H and O–H groups in total. The maximum absolute atomic E-state index is 12.2. The van der Waals surface area contributed by atoms with E-state index in [2.05, 4.69) is 27.7 Å². The summed E-state index contributed by atoms with van der Waals surface area (Å²) in [5.74, 6) is -2.78. The Morgan fingerprint density at radius 2 is 0.846 bits per heavy atom. The first-order valence-corrected chi connectivity index (χ1v) is 14.2. The second-order valence-corrected chi connectivity index (χ2v) is 10.1. The van der Waals surface area contributed by atoms with E-state index < -0.39 is 11.9 Å². The molecule has 2 rings (SSSR count). The van der Waals surface area contributed by atoms with Crippen molar-refractivity contribution >= 4 is 11.9 Å². The van der Waals surface area contributed by atoms with Gasteiger partial charge in [0.05, 0.1) is 11.1 Å². The molecular formula is C32H46O6Zn. The number of carbonyl (C=O) groups is 2. The molecule has 0 aromatic heterocycles. The SMILES string of the molecule is CCCCc1cc(CCCC)c([O-])c(C(=O)O)c1C.CCCCc1cc(CCCC)c([O-])c(C(=O)O)c1C.[Zn+2]. The van der Waals surface area contributed by atoms with E-state index in [0.29, 0.717) is 35.1 Å². The van der Waals surface area contributed by atoms with Gasteiger partial charge in [-0.2, -0.15) is 0 Å². The molecule has 0 unspecified atom stereocenters. The van der Waals surface area contributed by atoms with E-state index in [1.165, 1.54) is 0 Å². The van der Waals surface area contributed by atoms with Crippen LogP contribution in [0.5, 0.6) is 11.5 Å². The minimum Gasteiger partial charge on any atom is -0.872 e. The van der Waals surface area contributed by atoms with Crippen LogP contribution in [0.2, 0.25) is 0 Å². The summed E-state index contributed by atoms with van der Waals surface area (Å²) in [5, 5.41) is 42.9. The quantitative estimate of drug-likeness (QED) is 0.230. The van der Waals surface area contributed by atoms with Crippen LogP contribution < -0.4 is 10.2 Å². The molecule has 0 aliphatic rings. The zero-order valence-electron chi connectivity index (χ0n) is 24.9. The van der Waals surface area contributed by atoms with Crippen LogP contribution in [-0.4, -0.2) is 22.2 Å². The Morgan fingerprint density at radius 3 is 1.08 bits per heavy atom. The van der Waals surface area contributed by atoms with Crippen LogP contribution in [0.4, 0.5) is 0 Å². The summed E-state index contributed by atoms with van der Waals surface area (Å²) in [6, 6.07) is 3.85. The van der Waals surface area contributed by atoms with Crippen LogP contribution in [0.25, 0.3) is 0 Å². The van der Waals surface area contributed by atoms with Crippen molar-refractivity contribution in [3.8, 4) is 11.5 Å². The Labute approximate surface area is 247 Å². The van der Waals surface area contributed by atoms with Crippen LogP contribution in [0.15, 0.2) is 12.1 Å². The van der Waals surface area contributed by atoms with E-state index in [0.717, 1.165) is 75.3 Å². The predicted molar refractivity (Wildman–Crippen MR) is 150 cm³/mol. The molecule has 0 aliphatic heterocycles. The standard InChI is InChI=1S/2C16H24O3.Zn/c2*1-4-6-8-12-10-13(9-7-5-2)15(17)14(11(12)3)16(18)19;/h2*10,17H,4-9H2,1-3H3,(H,18,19);/q;;+2/p-2. The van der Waals surface area contributed by atoms with E-state index in [1.54, 1.807) is 13.8 Å². The molecule has 0 fully saturated rings. The average molecular weight is 592 g/mol. The summed E-state index contributed by atoms with van der Waals surface area (Å²) in [7, 11) is 0. The predicted octanol–water partition coefficient (Wildman–Crippen LogP) is 6.90. The van der Waals surface area contributed by atoms with Crippen molar-refractivity contribution in [2.75, 3.05) is 0 Å². The Hall–Kier alpha value is -2.40. The zero-order valence-corrected chi connectivity index (χ0v) is 27.8. The number of hydrogen-bond donors (Lipinski definition) is 2. The van der Waals surface area contributed by atoms with Gasteiger partial charge in [-0.05, 0) is 87.5 Å². The minimum atomic E-state index is -1.10. The zero-order chi connectivity index (χ0) is 28.8. The van der Waals surface area contributed by atoms with Crippen molar-refractivity contribution < 1.29 is 49.5 Å². The molecule has 6 nitrogen and oxygen atoms in total. The number of carboxylic acid groups (broad SMARTS) is 2. The van der Waals surface area contributed by atoms with Gasteiger partial charge in [0.25, 0.3) is 0 Å². The van der Waals surface area contributed by atoms with Gasteiger partial charge in [-0.25, -0.2) is 9.59 Å². The molecule has 7 heteroatoms. The van der Waals surface area contributed by atoms with Crippen LogP contribution >= 0.6 is 0 Å². The third-order valence-electron chi connectivity index (χ3n) is 7.07. The smallest absolute Gasteiger partial charge is 0.872 e. The van der Waals surface area contributed by atoms with Crippen LogP contribution in [-0.2, 0) is 45.2 Å². The van der Waals surface area contributed by atoms with Gasteiger partial charge >= 0.3 is 31.4 Å². The van der Waals surface area contributed by atoms with Gasteiger partial charge in [0.1, 0.15) is 0 Å². The van der Waals surface area contributed by atoms with Gasteiger partial charge in [-0.1, -0.05) is 88.1 Å². The van der Waals surface area contributed by atoms with Crippen LogP contribution in [0.1, 0.15) is 133 Å². The third-order valence-corrected chi connectivity index (χ3v) is 7.07. The molecule has 2 aromatic carbocycles. The van der Waals surface area contributed by atoms with Crippen molar-refractivity contribution in [1.82, 2.24) is 0 Å². The second kappa shape index (κ2) is 18.8. The molecule has 0 saturated carbocycles. The fourth-order valence-electron chi connectivity index (χ4n) is 4.63. The molecule has 0 bridgehead atoms. The molecule has 0 saturated heterocycles. The molecule has 0 heterocycles. The first kappa shape index (κ1) is 36.6. The summed E-state index contributed by atoms with van der Waals surface area (Å²) in [5.41, 5.74) is 4.60. The number of aryl methyl sites for hydroxylation is 4. The van der Waals surface area contributed by atoms with Crippen molar-refractivity contribution in [2.45, 2.75) is 119 Å². The van der Waals surface area contributed by atoms with Gasteiger partial charge in [-0.3, -0.25) is 0 Å². The minimum absolute atomic E-state index is 0. The van der Waals surface area contributed by atoms with E-state index in [9.17, 15) is 30.0 Å². The Balaban J connectivity index is 0.000000722. The fraction of sp³-hybridized carbons (Fsp3) is 0.562. The first-order chi connectivity index (χ1) is 18.0. The van der Waals surface area contributed by atoms with Crippen molar-refractivity contribution in [3.63, 3.8) is 0 Å². The second-order valence-electron chi connectivity index (χ2n) is 10.1. The fourth-order valence-corrected chi connectivity index (χ4v) is 4.63. The number of benzene rings is 2. The van der Waals surface area contributed by atoms with Gasteiger partial charge in [0.15, 0.2) is 0 Å². The Kier molecular flexibility index (Phi) is 17.7. The van der Waals surface area contributed by atoms with Crippen molar-refractivity contribution in [3.05, 3.63) is 56.6 Å². The van der Waals surface area contributed by atoms with Gasteiger partial charge in [0, 0.05) is 0 Å². The molecule has 0 aliphatic carbocycles. The first-order valence-electron chi connectivity index (χ1n) is 14.2. The molecule has 212 valence electrons. The van der Waals surface area contributed by atoms with Gasteiger partial charge < -0.3 is 20.4 Å². The number of hydrogen-bond acceptors (Lipinski definition) is 4. The molecule has 0 amide bonds. The largest absolute Gasteiger partial charge is 2.00 e. The van der Waals surface area contributed by atoms with E-state index >= 15 is 0 Å². The summed E-state index contributed by atoms with van der Waals surface area (Å²) in [6.45, 7) is 11.8.